The monoisotopic (exact) mass is 1460 g/mol. The third kappa shape index (κ3) is 33.4. The number of halogens is 10. The van der Waals surface area contributed by atoms with Gasteiger partial charge in [-0.05, 0) is 171 Å². The smallest absolute Gasteiger partial charge is 0.407 e. The fraction of sp³-hybridized carbons (Fsp3) is 0.618. The zero-order valence-corrected chi connectivity index (χ0v) is 60.1. The Morgan fingerprint density at radius 3 is 1.19 bits per heavy atom. The lowest BCUT2D eigenvalue weighted by molar-refractivity contribution is -0.148. The second kappa shape index (κ2) is 39.2. The summed E-state index contributed by atoms with van der Waals surface area (Å²) in [6.45, 7) is 29.3. The topological polar surface area (TPSA) is 296 Å². The molecule has 6 atom stereocenters. The van der Waals surface area contributed by atoms with Crippen LogP contribution in [0.5, 0.6) is 0 Å². The maximum absolute atomic E-state index is 14.3. The summed E-state index contributed by atoms with van der Waals surface area (Å²) in [4.78, 5) is 99.5. The normalized spacial score (nSPS) is 17.5. The van der Waals surface area contributed by atoms with Gasteiger partial charge < -0.3 is 70.9 Å². The number of carbonyl (C=O) groups excluding carboxylic acids is 7. The molecule has 3 heterocycles. The first-order valence-electron chi connectivity index (χ1n) is 32.2. The number of carboxylic acid groups (broad SMARTS) is 1. The van der Waals surface area contributed by atoms with Crippen molar-refractivity contribution in [2.45, 2.75) is 219 Å². The number of nitrogens with zero attached hydrogens (tertiary/aromatic N) is 2. The zero-order chi connectivity index (χ0) is 75.3. The summed E-state index contributed by atoms with van der Waals surface area (Å²) in [6, 6.07) is -1.34. The number of nitrogens with one attached hydrogen (secondary N) is 5. The molecule has 6 rings (SSSR count). The van der Waals surface area contributed by atoms with E-state index in [1.165, 1.54) is 9.80 Å². The summed E-state index contributed by atoms with van der Waals surface area (Å²) in [6.07, 6.45) is -1.89. The standard InChI is InChI=1S/C24H34F3N3O5.C19H26F3N3O3.C15H18F3NO4.C10H19NO2.ClH/c1-23(2,3)34-13-19-21(32)28-7-8-30(19)20(31)11-15(29-22(33)35-24(4,5)6)9-14-10-17(26)18(27)12-16(14)25;1-19(2,3)28-10-16-18(27)24-4-5-25(16)17(26)8-12(23)6-11-7-14(21)15(22)9-13(11)20;1-15(2,3)23-14(22)19-9(6-13(20)21)4-8-5-11(17)12(18)7-10(8)16;1-10(2,3)13-7-8-9(12)5-4-6-11-8;/h10,12,15,19H,7-9,11,13H2,1-6H3,(H,28,32)(H,29,33);7,9,12,16H,4-6,8,10,23H2,1-3H3,(H,24,27);5,7,9H,4,6H2,1-3H3,(H,19,22)(H,20,21);8,11H,4-7H2,1-3H3;1H/t15-,19-;12-,16-;9-;8-;/m1111./s1. The first kappa shape index (κ1) is 88.8. The van der Waals surface area contributed by atoms with Crippen molar-refractivity contribution in [2.75, 3.05) is 52.5 Å². The Morgan fingerprint density at radius 1 is 0.500 bits per heavy atom. The molecular weight excluding hydrogens is 1360 g/mol. The lowest BCUT2D eigenvalue weighted by Crippen LogP contribution is -2.60. The van der Waals surface area contributed by atoms with Crippen LogP contribution in [0, 0.1) is 52.4 Å². The Kier molecular flexibility index (Phi) is 34.8. The van der Waals surface area contributed by atoms with Gasteiger partial charge in [0.2, 0.25) is 23.6 Å². The number of amides is 6. The summed E-state index contributed by atoms with van der Waals surface area (Å²) in [5, 5.41) is 22.2. The van der Waals surface area contributed by atoms with Crippen LogP contribution >= 0.6 is 12.4 Å². The van der Waals surface area contributed by atoms with Crippen molar-refractivity contribution in [3.8, 4) is 0 Å². The number of hydrogen-bond acceptors (Lipinski definition) is 15. The molecule has 100 heavy (non-hydrogen) atoms. The molecule has 32 heteroatoms. The molecule has 3 aromatic rings. The van der Waals surface area contributed by atoms with Crippen molar-refractivity contribution in [1.82, 2.24) is 36.4 Å². The number of hydrogen-bond donors (Lipinski definition) is 7. The highest BCUT2D eigenvalue weighted by atomic mass is 35.5. The summed E-state index contributed by atoms with van der Waals surface area (Å²) in [7, 11) is 0. The lowest BCUT2D eigenvalue weighted by atomic mass is 10.0. The Hall–Kier alpha value is -7.32. The first-order valence-corrected chi connectivity index (χ1v) is 32.2. The average molecular weight is 1460 g/mol. The number of ether oxygens (including phenoxy) is 5. The molecule has 3 aliphatic rings. The molecule has 0 bridgehead atoms. The van der Waals surface area contributed by atoms with Gasteiger partial charge in [-0.2, -0.15) is 0 Å². The van der Waals surface area contributed by atoms with E-state index in [2.05, 4.69) is 26.6 Å². The lowest BCUT2D eigenvalue weighted by Gasteiger charge is -2.37. The Bertz CT molecular complexity index is 3270. The number of piperazine rings is 2. The molecule has 3 aromatic carbocycles. The molecule has 3 aliphatic heterocycles. The molecule has 22 nitrogen and oxygen atoms in total. The van der Waals surface area contributed by atoms with Gasteiger partial charge >= 0.3 is 18.2 Å². The highest BCUT2D eigenvalue weighted by Gasteiger charge is 2.38. The molecule has 3 saturated heterocycles. The second-order valence-corrected chi connectivity index (χ2v) is 28.8. The summed E-state index contributed by atoms with van der Waals surface area (Å²) in [5.41, 5.74) is 2.54. The number of rotatable bonds is 20. The predicted molar refractivity (Wildman–Crippen MR) is 353 cm³/mol. The van der Waals surface area contributed by atoms with E-state index in [1.54, 1.807) is 41.5 Å². The van der Waals surface area contributed by atoms with Crippen molar-refractivity contribution in [3.05, 3.63) is 105 Å². The van der Waals surface area contributed by atoms with Crippen LogP contribution in [0.1, 0.15) is 153 Å². The minimum absolute atomic E-state index is 0. The van der Waals surface area contributed by atoms with Crippen LogP contribution in [-0.2, 0) is 71.7 Å². The number of nitrogens with two attached hydrogens (primary N) is 1. The number of ketones is 1. The molecular formula is C68H98ClF9N8O14. The molecule has 0 spiro atoms. The van der Waals surface area contributed by atoms with Gasteiger partial charge in [0, 0.05) is 81.8 Å². The molecule has 0 radical (unpaired) electrons. The summed E-state index contributed by atoms with van der Waals surface area (Å²) >= 11 is 0. The highest BCUT2D eigenvalue weighted by Crippen LogP contribution is 2.23. The molecule has 6 amide bonds. The van der Waals surface area contributed by atoms with E-state index in [1.807, 2.05) is 62.3 Å². The van der Waals surface area contributed by atoms with Crippen LogP contribution in [-0.4, -0.2) is 179 Å². The van der Waals surface area contributed by atoms with Crippen molar-refractivity contribution in [3.63, 3.8) is 0 Å². The minimum Gasteiger partial charge on any atom is -0.481 e. The maximum atomic E-state index is 14.3. The van der Waals surface area contributed by atoms with E-state index in [4.69, 9.17) is 34.5 Å². The Morgan fingerprint density at radius 2 is 0.840 bits per heavy atom. The molecule has 0 aliphatic carbocycles. The third-order valence-electron chi connectivity index (χ3n) is 14.1. The maximum Gasteiger partial charge on any atom is 0.407 e. The molecule has 0 unspecified atom stereocenters. The van der Waals surface area contributed by atoms with Crippen molar-refractivity contribution in [2.24, 2.45) is 5.73 Å². The van der Waals surface area contributed by atoms with Gasteiger partial charge in [-0.15, -0.1) is 12.4 Å². The fourth-order valence-electron chi connectivity index (χ4n) is 9.55. The number of piperidine rings is 1. The van der Waals surface area contributed by atoms with Crippen LogP contribution in [0.25, 0.3) is 0 Å². The van der Waals surface area contributed by atoms with E-state index in [0.717, 1.165) is 19.0 Å². The molecule has 564 valence electrons. The Balaban J connectivity index is 0.000000473. The number of alkyl carbamates (subject to hydrolysis) is 2. The molecule has 0 aromatic heterocycles. The largest absolute Gasteiger partial charge is 0.481 e. The van der Waals surface area contributed by atoms with E-state index in [-0.39, 0.29) is 123 Å². The number of carboxylic acids is 1. The SMILES string of the molecule is CC(C)(C)OC(=O)N[C@@H](CC(=O)O)Cc1cc(F)c(F)cc1F.CC(C)(C)OC[C@@H]1C(=O)NCCN1C(=O)C[C@@H](Cc1cc(F)c(F)cc1F)NC(=O)OC(C)(C)C.CC(C)(C)OC[C@@H]1C(=O)NCCN1C(=O)C[C@H](N)Cc1cc(F)c(F)cc1F.CC(C)(C)OC[C@H]1NCCCC1=O.Cl. The summed E-state index contributed by atoms with van der Waals surface area (Å²) < 4.78 is 148. The van der Waals surface area contributed by atoms with Gasteiger partial charge in [0.25, 0.3) is 0 Å². The van der Waals surface area contributed by atoms with Crippen LogP contribution in [0.2, 0.25) is 0 Å². The number of aliphatic carboxylic acids is 1. The van der Waals surface area contributed by atoms with Crippen LogP contribution in [0.15, 0.2) is 36.4 Å². The molecule has 3 fully saturated rings. The highest BCUT2D eigenvalue weighted by molar-refractivity contribution is 5.90. The van der Waals surface area contributed by atoms with Gasteiger partial charge in [0.05, 0.1) is 49.1 Å². The van der Waals surface area contributed by atoms with Crippen LogP contribution in [0.4, 0.5) is 49.1 Å². The quantitative estimate of drug-likeness (QED) is 0.0410. The van der Waals surface area contributed by atoms with Crippen molar-refractivity contribution >= 4 is 60.0 Å². The average Bonchev–Trinajstić information content (AvgIpc) is 0.821. The summed E-state index contributed by atoms with van der Waals surface area (Å²) in [5.74, 6) is -13.1. The van der Waals surface area contributed by atoms with E-state index in [0.29, 0.717) is 56.4 Å². The molecule has 0 saturated carbocycles. The number of carbonyl (C=O) groups is 8. The third-order valence-corrected chi connectivity index (χ3v) is 14.1. The number of benzene rings is 3. The zero-order valence-electron chi connectivity index (χ0n) is 59.3. The van der Waals surface area contributed by atoms with Gasteiger partial charge in [-0.3, -0.25) is 28.8 Å². The van der Waals surface area contributed by atoms with Crippen molar-refractivity contribution < 1.29 is 107 Å². The van der Waals surface area contributed by atoms with E-state index in [9.17, 15) is 77.9 Å². The second-order valence-electron chi connectivity index (χ2n) is 28.8. The Labute approximate surface area is 584 Å². The first-order chi connectivity index (χ1) is 45.5. The van der Waals surface area contributed by atoms with E-state index >= 15 is 0 Å². The van der Waals surface area contributed by atoms with Crippen LogP contribution < -0.4 is 32.3 Å². The van der Waals surface area contributed by atoms with Gasteiger partial charge in [0.1, 0.15) is 40.7 Å². The minimum atomic E-state index is -1.35. The number of Topliss-reactive ketones (excluding diaryl/α,β-unsaturated/α-hetero) is 1. The fourth-order valence-corrected chi connectivity index (χ4v) is 9.55. The van der Waals surface area contributed by atoms with Crippen LogP contribution in [0.3, 0.4) is 0 Å². The van der Waals surface area contributed by atoms with Crippen molar-refractivity contribution in [1.29, 1.82) is 0 Å². The molecule has 8 N–H and O–H groups in total. The van der Waals surface area contributed by atoms with Gasteiger partial charge in [-0.1, -0.05) is 0 Å². The van der Waals surface area contributed by atoms with Gasteiger partial charge in [0.15, 0.2) is 40.7 Å². The van der Waals surface area contributed by atoms with E-state index < -0.39 is 135 Å². The van der Waals surface area contributed by atoms with Gasteiger partial charge in [-0.25, -0.2) is 49.1 Å². The predicted octanol–water partition coefficient (Wildman–Crippen LogP) is 9.14.